The highest BCUT2D eigenvalue weighted by Crippen LogP contribution is 2.32. The molecule has 2 heterocycles. The number of carbonyl (C=O) groups is 2. The summed E-state index contributed by atoms with van der Waals surface area (Å²) in [5, 5.41) is 15.3. The third-order valence-corrected chi connectivity index (χ3v) is 3.99. The molecule has 0 unspecified atom stereocenters. The zero-order valence-corrected chi connectivity index (χ0v) is 12.0. The van der Waals surface area contributed by atoms with Gasteiger partial charge < -0.3 is 20.6 Å². The van der Waals surface area contributed by atoms with Crippen LogP contribution in [0.15, 0.2) is 24.3 Å². The summed E-state index contributed by atoms with van der Waals surface area (Å²) in [6.07, 6.45) is 0.632. The number of hydrogen-bond acceptors (Lipinski definition) is 5. The minimum atomic E-state index is -1.21. The van der Waals surface area contributed by atoms with E-state index in [0.29, 0.717) is 6.54 Å². The molecule has 1 atom stereocenters. The van der Waals surface area contributed by atoms with Crippen molar-refractivity contribution in [1.29, 1.82) is 0 Å². The number of fused-ring (bicyclic) bond motifs is 1. The van der Waals surface area contributed by atoms with Crippen LogP contribution in [0.4, 0.5) is 16.2 Å². The van der Waals surface area contributed by atoms with Crippen LogP contribution in [-0.4, -0.2) is 47.3 Å². The van der Waals surface area contributed by atoms with Crippen LogP contribution < -0.4 is 21.5 Å². The number of anilines is 2. The molecule has 1 saturated heterocycles. The molecule has 118 valence electrons. The van der Waals surface area contributed by atoms with Gasteiger partial charge in [-0.3, -0.25) is 10.2 Å². The van der Waals surface area contributed by atoms with E-state index in [4.69, 9.17) is 5.11 Å². The molecule has 0 saturated carbocycles. The molecule has 0 aliphatic carbocycles. The van der Waals surface area contributed by atoms with Gasteiger partial charge in [0.15, 0.2) is 0 Å². The molecule has 2 aliphatic heterocycles. The molecule has 0 aromatic heterocycles. The smallest absolute Gasteiger partial charge is 0.419 e. The van der Waals surface area contributed by atoms with Crippen LogP contribution in [0.2, 0.25) is 0 Å². The van der Waals surface area contributed by atoms with E-state index in [1.807, 2.05) is 29.7 Å². The van der Waals surface area contributed by atoms with E-state index in [9.17, 15) is 9.59 Å². The number of nitrogens with one attached hydrogen (secondary N) is 4. The Morgan fingerprint density at radius 1 is 1.27 bits per heavy atom. The zero-order valence-electron chi connectivity index (χ0n) is 12.0. The number of hydrogen-bond donors (Lipinski definition) is 5. The van der Waals surface area contributed by atoms with E-state index in [1.54, 1.807) is 4.90 Å². The summed E-state index contributed by atoms with van der Waals surface area (Å²) in [5.41, 5.74) is 6.47. The Hall–Kier alpha value is -2.48. The van der Waals surface area contributed by atoms with E-state index in [0.717, 1.165) is 24.2 Å². The fourth-order valence-electron chi connectivity index (χ4n) is 3.04. The molecular formula is C14H19N5O3. The van der Waals surface area contributed by atoms with Crippen molar-refractivity contribution in [1.82, 2.24) is 15.8 Å². The lowest BCUT2D eigenvalue weighted by Gasteiger charge is -2.30. The third-order valence-electron chi connectivity index (χ3n) is 3.99. The van der Waals surface area contributed by atoms with Gasteiger partial charge in [0.05, 0.1) is 24.0 Å². The normalized spacial score (nSPS) is 20.2. The fourth-order valence-corrected chi connectivity index (χ4v) is 3.04. The lowest BCUT2D eigenvalue weighted by molar-refractivity contribution is -0.131. The van der Waals surface area contributed by atoms with Gasteiger partial charge in [-0.1, -0.05) is 12.1 Å². The van der Waals surface area contributed by atoms with Gasteiger partial charge in [-0.15, -0.1) is 0 Å². The summed E-state index contributed by atoms with van der Waals surface area (Å²) in [7, 11) is 0. The van der Waals surface area contributed by atoms with Gasteiger partial charge in [0.2, 0.25) is 5.91 Å². The van der Waals surface area contributed by atoms with Crippen LogP contribution >= 0.6 is 0 Å². The van der Waals surface area contributed by atoms with Crippen molar-refractivity contribution >= 4 is 23.4 Å². The highest BCUT2D eigenvalue weighted by molar-refractivity contribution is 5.80. The average Bonchev–Trinajstić information content (AvgIpc) is 3.12. The van der Waals surface area contributed by atoms with Gasteiger partial charge in [0.25, 0.3) is 0 Å². The van der Waals surface area contributed by atoms with Gasteiger partial charge in [-0.25, -0.2) is 10.2 Å². The fraction of sp³-hybridized carbons (Fsp3) is 0.429. The maximum atomic E-state index is 12.2. The molecule has 5 N–H and O–H groups in total. The average molecular weight is 305 g/mol. The second kappa shape index (κ2) is 6.10. The van der Waals surface area contributed by atoms with Crippen molar-refractivity contribution < 1.29 is 14.7 Å². The predicted octanol–water partition coefficient (Wildman–Crippen LogP) is 0.613. The number of para-hydroxylation sites is 2. The van der Waals surface area contributed by atoms with Crippen molar-refractivity contribution in [3.05, 3.63) is 24.3 Å². The number of rotatable bonds is 4. The Morgan fingerprint density at radius 2 is 1.95 bits per heavy atom. The maximum absolute atomic E-state index is 12.2. The quantitative estimate of drug-likeness (QED) is 0.522. The van der Waals surface area contributed by atoms with Gasteiger partial charge in [-0.2, -0.15) is 0 Å². The number of hydrazine groups is 1. The van der Waals surface area contributed by atoms with E-state index in [1.165, 1.54) is 0 Å². The molecule has 1 aromatic rings. The monoisotopic (exact) mass is 305 g/mol. The Kier molecular flexibility index (Phi) is 4.01. The highest BCUT2D eigenvalue weighted by Gasteiger charge is 2.37. The lowest BCUT2D eigenvalue weighted by Crippen LogP contribution is -2.51. The standard InChI is InChI=1S/C14H19N5O3/c20-12(8-15-18-14(21)22)19-7-3-6-11(19)13-16-9-4-1-2-5-10(9)17-13/h1-2,4-5,11,13,15-18H,3,6-8H2,(H,21,22)/t11-/m0/s1. The zero-order chi connectivity index (χ0) is 15.5. The Labute approximate surface area is 127 Å². The molecule has 1 fully saturated rings. The van der Waals surface area contributed by atoms with Crippen molar-refractivity contribution in [2.75, 3.05) is 23.7 Å². The first-order valence-electron chi connectivity index (χ1n) is 7.28. The van der Waals surface area contributed by atoms with Crippen LogP contribution in [0.5, 0.6) is 0 Å². The molecule has 8 nitrogen and oxygen atoms in total. The number of likely N-dealkylation sites (tertiary alicyclic amines) is 1. The number of amides is 2. The number of carbonyl (C=O) groups excluding carboxylic acids is 1. The first-order valence-corrected chi connectivity index (χ1v) is 7.28. The summed E-state index contributed by atoms with van der Waals surface area (Å²) in [6, 6.07) is 7.99. The molecule has 3 rings (SSSR count). The largest absolute Gasteiger partial charge is 0.464 e. The summed E-state index contributed by atoms with van der Waals surface area (Å²) in [6.45, 7) is 0.636. The van der Waals surface area contributed by atoms with E-state index >= 15 is 0 Å². The Bertz CT molecular complexity index is 554. The molecule has 0 bridgehead atoms. The highest BCUT2D eigenvalue weighted by atomic mass is 16.4. The van der Waals surface area contributed by atoms with E-state index in [2.05, 4.69) is 16.1 Å². The molecule has 22 heavy (non-hydrogen) atoms. The number of carboxylic acid groups (broad SMARTS) is 1. The van der Waals surface area contributed by atoms with Crippen molar-refractivity contribution in [2.45, 2.75) is 25.0 Å². The SMILES string of the molecule is O=C(O)NNCC(=O)N1CCC[C@H]1C1Nc2ccccc2N1. The molecule has 2 aliphatic rings. The van der Waals surface area contributed by atoms with Gasteiger partial charge in [0, 0.05) is 6.54 Å². The Balaban J connectivity index is 1.60. The summed E-state index contributed by atoms with van der Waals surface area (Å²) in [4.78, 5) is 24.4. The van der Waals surface area contributed by atoms with Crippen molar-refractivity contribution in [3.63, 3.8) is 0 Å². The van der Waals surface area contributed by atoms with E-state index < -0.39 is 6.09 Å². The predicted molar refractivity (Wildman–Crippen MR) is 81.4 cm³/mol. The number of nitrogens with zero attached hydrogens (tertiary/aromatic N) is 1. The third kappa shape index (κ3) is 2.91. The summed E-state index contributed by atoms with van der Waals surface area (Å²) < 4.78 is 0. The first-order chi connectivity index (χ1) is 10.6. The molecule has 0 spiro atoms. The molecule has 8 heteroatoms. The van der Waals surface area contributed by atoms with Crippen LogP contribution in [0, 0.1) is 0 Å². The summed E-state index contributed by atoms with van der Waals surface area (Å²) >= 11 is 0. The lowest BCUT2D eigenvalue weighted by atomic mass is 10.1. The van der Waals surface area contributed by atoms with E-state index in [-0.39, 0.29) is 24.7 Å². The van der Waals surface area contributed by atoms with Crippen LogP contribution in [-0.2, 0) is 4.79 Å². The van der Waals surface area contributed by atoms with Crippen molar-refractivity contribution in [3.8, 4) is 0 Å². The minimum Gasteiger partial charge on any atom is -0.464 e. The second-order valence-electron chi connectivity index (χ2n) is 5.39. The summed E-state index contributed by atoms with van der Waals surface area (Å²) in [5.74, 6) is -0.115. The maximum Gasteiger partial charge on any atom is 0.419 e. The molecule has 0 radical (unpaired) electrons. The van der Waals surface area contributed by atoms with Gasteiger partial charge in [0.1, 0.15) is 6.17 Å². The molecule has 1 aromatic carbocycles. The van der Waals surface area contributed by atoms with Gasteiger partial charge >= 0.3 is 6.09 Å². The van der Waals surface area contributed by atoms with Gasteiger partial charge in [-0.05, 0) is 25.0 Å². The van der Waals surface area contributed by atoms with Crippen LogP contribution in [0.1, 0.15) is 12.8 Å². The number of benzene rings is 1. The second-order valence-corrected chi connectivity index (χ2v) is 5.39. The Morgan fingerprint density at radius 3 is 2.59 bits per heavy atom. The van der Waals surface area contributed by atoms with Crippen LogP contribution in [0.25, 0.3) is 0 Å². The topological polar surface area (TPSA) is 106 Å². The van der Waals surface area contributed by atoms with Crippen molar-refractivity contribution in [2.24, 2.45) is 0 Å². The minimum absolute atomic E-state index is 0.0173. The molecular weight excluding hydrogens is 286 g/mol. The molecule has 2 amide bonds. The first kappa shape index (κ1) is 14.5. The van der Waals surface area contributed by atoms with Crippen LogP contribution in [0.3, 0.4) is 0 Å².